The molecule has 0 aliphatic rings. The Hall–Kier alpha value is -5.75. The Balaban J connectivity index is 1.19. The fourth-order valence-corrected chi connectivity index (χ4v) is 6.73. The second kappa shape index (κ2) is 12.0. The Morgan fingerprint density at radius 1 is 0.755 bits per heavy atom. The molecule has 0 aliphatic carbocycles. The fourth-order valence-electron chi connectivity index (χ4n) is 6.73. The van der Waals surface area contributed by atoms with E-state index in [2.05, 4.69) is 157 Å². The predicted octanol–water partition coefficient (Wildman–Crippen LogP) is 9.88. The van der Waals surface area contributed by atoms with E-state index in [0.717, 1.165) is 56.8 Å². The fraction of sp³-hybridized carbons (Fsp3) is 0.186. The van der Waals surface area contributed by atoms with E-state index in [1.807, 2.05) is 24.5 Å². The van der Waals surface area contributed by atoms with Gasteiger partial charge in [-0.3, -0.25) is 18.7 Å². The monoisotopic (exact) mass is 641 g/mol. The second-order valence-corrected chi connectivity index (χ2v) is 14.2. The van der Waals surface area contributed by atoms with Crippen LogP contribution in [-0.2, 0) is 11.8 Å². The van der Waals surface area contributed by atoms with E-state index in [9.17, 15) is 0 Å². The molecule has 0 unspecified atom stereocenters. The van der Waals surface area contributed by atoms with Crippen molar-refractivity contribution in [2.75, 3.05) is 0 Å². The Kier molecular flexibility index (Phi) is 7.52. The highest BCUT2D eigenvalue weighted by Gasteiger charge is 2.19. The van der Waals surface area contributed by atoms with Gasteiger partial charge in [-0.25, -0.2) is 4.98 Å². The number of aromatic nitrogens is 5. The van der Waals surface area contributed by atoms with Crippen LogP contribution in [-0.4, -0.2) is 19.1 Å². The van der Waals surface area contributed by atoms with E-state index in [0.29, 0.717) is 11.7 Å². The van der Waals surface area contributed by atoms with Crippen LogP contribution < -0.4 is 9.30 Å². The van der Waals surface area contributed by atoms with Crippen LogP contribution in [0.15, 0.2) is 128 Å². The SMILES string of the molecule is CC(C)Cc1cccc(-[n+]2[c-]n(-c3cncc(Oc4ccc5c6ccccc6n(-c6cc(C(C)(C)C)ccn6)c5c4)c3)c3ccccc32)c1. The standard InChI is InChI=1S/C43H39N5O/c1-29(2)21-30-11-10-12-32(22-30)46-28-47(40-16-9-8-15-39(40)46)33-24-35(27-44-26-33)49-34-17-18-37-36-13-6-7-14-38(36)48(41(37)25-34)42-23-31(19-20-45-42)43(3,4)5/h6-20,22-27,29H,21H2,1-5H3. The number of benzene rings is 4. The van der Waals surface area contributed by atoms with Gasteiger partial charge >= 0.3 is 0 Å². The largest absolute Gasteiger partial charge is 0.456 e. The summed E-state index contributed by atoms with van der Waals surface area (Å²) in [5.74, 6) is 2.84. The molecule has 0 aliphatic heterocycles. The van der Waals surface area contributed by atoms with E-state index >= 15 is 0 Å². The maximum atomic E-state index is 6.54. The molecule has 4 heterocycles. The molecular formula is C43H39N5O. The van der Waals surface area contributed by atoms with Crippen molar-refractivity contribution in [2.45, 2.75) is 46.5 Å². The summed E-state index contributed by atoms with van der Waals surface area (Å²) in [6.45, 7) is 11.2. The van der Waals surface area contributed by atoms with Crippen LogP contribution in [0.4, 0.5) is 0 Å². The number of imidazole rings is 1. The van der Waals surface area contributed by atoms with E-state index in [4.69, 9.17) is 9.72 Å². The number of fused-ring (bicyclic) bond motifs is 4. The molecule has 0 saturated carbocycles. The number of para-hydroxylation sites is 3. The van der Waals surface area contributed by atoms with Crippen molar-refractivity contribution in [3.8, 4) is 28.7 Å². The summed E-state index contributed by atoms with van der Waals surface area (Å²) in [7, 11) is 0. The molecule has 8 rings (SSSR count). The van der Waals surface area contributed by atoms with Crippen molar-refractivity contribution in [1.29, 1.82) is 0 Å². The number of hydrogen-bond acceptors (Lipinski definition) is 3. The van der Waals surface area contributed by atoms with Gasteiger partial charge in [0.05, 0.1) is 39.6 Å². The minimum Gasteiger partial charge on any atom is -0.456 e. The van der Waals surface area contributed by atoms with Gasteiger partial charge in [-0.05, 0) is 71.8 Å². The van der Waals surface area contributed by atoms with Crippen LogP contribution in [0.25, 0.3) is 50.0 Å². The molecule has 0 fully saturated rings. The first-order valence-corrected chi connectivity index (χ1v) is 16.9. The van der Waals surface area contributed by atoms with Gasteiger partial charge in [-0.15, -0.1) is 0 Å². The number of rotatable bonds is 7. The first-order chi connectivity index (χ1) is 23.7. The van der Waals surface area contributed by atoms with Crippen molar-refractivity contribution in [3.63, 3.8) is 0 Å². The quantitative estimate of drug-likeness (QED) is 0.129. The van der Waals surface area contributed by atoms with Crippen LogP contribution in [0.5, 0.6) is 11.5 Å². The van der Waals surface area contributed by atoms with Gasteiger partial charge in [0, 0.05) is 29.2 Å². The second-order valence-electron chi connectivity index (χ2n) is 14.2. The van der Waals surface area contributed by atoms with Gasteiger partial charge in [-0.1, -0.05) is 94.8 Å². The normalized spacial score (nSPS) is 12.0. The third-order valence-electron chi connectivity index (χ3n) is 9.05. The van der Waals surface area contributed by atoms with Crippen molar-refractivity contribution >= 4 is 32.8 Å². The first kappa shape index (κ1) is 30.6. The molecule has 49 heavy (non-hydrogen) atoms. The van der Waals surface area contributed by atoms with Gasteiger partial charge in [-0.2, -0.15) is 0 Å². The number of hydrogen-bond donors (Lipinski definition) is 0. The van der Waals surface area contributed by atoms with Crippen LogP contribution >= 0.6 is 0 Å². The third kappa shape index (κ3) is 5.73. The van der Waals surface area contributed by atoms with E-state index in [1.54, 1.807) is 6.20 Å². The molecule has 0 radical (unpaired) electrons. The van der Waals surface area contributed by atoms with Crippen LogP contribution in [0, 0.1) is 12.2 Å². The highest BCUT2D eigenvalue weighted by Crippen LogP contribution is 2.36. The van der Waals surface area contributed by atoms with E-state index < -0.39 is 0 Å². The molecule has 0 amide bonds. The van der Waals surface area contributed by atoms with E-state index in [1.165, 1.54) is 16.5 Å². The molecule has 4 aromatic carbocycles. The average molecular weight is 642 g/mol. The van der Waals surface area contributed by atoms with Gasteiger partial charge in [0.15, 0.2) is 0 Å². The summed E-state index contributed by atoms with van der Waals surface area (Å²) in [5, 5.41) is 2.32. The van der Waals surface area contributed by atoms with Crippen LogP contribution in [0.1, 0.15) is 45.7 Å². The number of nitrogens with zero attached hydrogens (tertiary/aromatic N) is 5. The third-order valence-corrected chi connectivity index (χ3v) is 9.05. The zero-order chi connectivity index (χ0) is 33.7. The van der Waals surface area contributed by atoms with Gasteiger partial charge in [0.25, 0.3) is 6.33 Å². The molecule has 0 spiro atoms. The Labute approximate surface area is 286 Å². The van der Waals surface area contributed by atoms with Crippen molar-refractivity contribution in [1.82, 2.24) is 19.1 Å². The summed E-state index contributed by atoms with van der Waals surface area (Å²) >= 11 is 0. The molecule has 242 valence electrons. The lowest BCUT2D eigenvalue weighted by Gasteiger charge is -2.20. The molecule has 0 saturated heterocycles. The van der Waals surface area contributed by atoms with E-state index in [-0.39, 0.29) is 5.41 Å². The number of pyridine rings is 2. The van der Waals surface area contributed by atoms with Crippen LogP contribution in [0.3, 0.4) is 0 Å². The lowest BCUT2D eigenvalue weighted by molar-refractivity contribution is -0.572. The predicted molar refractivity (Wildman–Crippen MR) is 197 cm³/mol. The van der Waals surface area contributed by atoms with Crippen molar-refractivity contribution in [3.05, 3.63) is 145 Å². The molecular weight excluding hydrogens is 603 g/mol. The zero-order valence-electron chi connectivity index (χ0n) is 28.6. The molecule has 4 aromatic heterocycles. The Morgan fingerprint density at radius 2 is 1.55 bits per heavy atom. The molecule has 0 bridgehead atoms. The maximum Gasteiger partial charge on any atom is 0.269 e. The lowest BCUT2D eigenvalue weighted by atomic mass is 9.88. The van der Waals surface area contributed by atoms with Gasteiger partial charge in [0.2, 0.25) is 0 Å². The number of ether oxygens (including phenoxy) is 1. The van der Waals surface area contributed by atoms with Crippen molar-refractivity contribution in [2.24, 2.45) is 5.92 Å². The molecule has 0 N–H and O–H groups in total. The van der Waals surface area contributed by atoms with Crippen LogP contribution in [0.2, 0.25) is 0 Å². The minimum absolute atomic E-state index is 0.00226. The van der Waals surface area contributed by atoms with Gasteiger partial charge < -0.3 is 4.74 Å². The summed E-state index contributed by atoms with van der Waals surface area (Å²) in [5.41, 5.74) is 8.74. The first-order valence-electron chi connectivity index (χ1n) is 16.9. The maximum absolute atomic E-state index is 6.54. The average Bonchev–Trinajstić information content (AvgIpc) is 3.64. The zero-order valence-corrected chi connectivity index (χ0v) is 28.6. The van der Waals surface area contributed by atoms with Gasteiger partial charge in [0.1, 0.15) is 17.3 Å². The molecule has 0 atom stereocenters. The van der Waals surface area contributed by atoms with Crippen molar-refractivity contribution < 1.29 is 9.30 Å². The minimum atomic E-state index is 0.00226. The summed E-state index contributed by atoms with van der Waals surface area (Å²) in [4.78, 5) is 9.42. The molecule has 6 heteroatoms. The Morgan fingerprint density at radius 3 is 2.39 bits per heavy atom. The lowest BCUT2D eigenvalue weighted by Crippen LogP contribution is -2.29. The Bertz CT molecular complexity index is 2480. The summed E-state index contributed by atoms with van der Waals surface area (Å²) in [6, 6.07) is 38.1. The smallest absolute Gasteiger partial charge is 0.269 e. The summed E-state index contributed by atoms with van der Waals surface area (Å²) < 4.78 is 13.0. The molecule has 6 nitrogen and oxygen atoms in total. The highest BCUT2D eigenvalue weighted by atomic mass is 16.5. The highest BCUT2D eigenvalue weighted by molar-refractivity contribution is 6.09. The summed E-state index contributed by atoms with van der Waals surface area (Å²) in [6.07, 6.45) is 10.1. The molecule has 8 aromatic rings. The topological polar surface area (TPSA) is 48.8 Å².